The first-order valence-electron chi connectivity index (χ1n) is 7.37. The number of nitrogens with one attached hydrogen (secondary N) is 1. The SMILES string of the molecule is CCCNC(CCOc1ccc(C)c(F)c1)C(=O)OCC. The minimum Gasteiger partial charge on any atom is -0.493 e. The van der Waals surface area contributed by atoms with E-state index in [9.17, 15) is 9.18 Å². The van der Waals surface area contributed by atoms with Crippen molar-refractivity contribution in [3.63, 3.8) is 0 Å². The molecule has 1 unspecified atom stereocenters. The summed E-state index contributed by atoms with van der Waals surface area (Å²) in [7, 11) is 0. The van der Waals surface area contributed by atoms with E-state index in [1.807, 2.05) is 6.92 Å². The van der Waals surface area contributed by atoms with Gasteiger partial charge in [-0.3, -0.25) is 4.79 Å². The summed E-state index contributed by atoms with van der Waals surface area (Å²) in [5.74, 6) is -0.0978. The Morgan fingerprint density at radius 3 is 2.76 bits per heavy atom. The average Bonchev–Trinajstić information content (AvgIpc) is 2.46. The van der Waals surface area contributed by atoms with Crippen LogP contribution in [-0.4, -0.2) is 31.8 Å². The molecule has 1 aromatic carbocycles. The van der Waals surface area contributed by atoms with E-state index in [0.29, 0.717) is 30.9 Å². The molecule has 0 saturated heterocycles. The molecule has 1 N–H and O–H groups in total. The van der Waals surface area contributed by atoms with Crippen molar-refractivity contribution in [2.45, 2.75) is 39.7 Å². The number of hydrogen-bond acceptors (Lipinski definition) is 4. The highest BCUT2D eigenvalue weighted by molar-refractivity contribution is 5.75. The molecule has 4 nitrogen and oxygen atoms in total. The minimum absolute atomic E-state index is 0.273. The van der Waals surface area contributed by atoms with Crippen molar-refractivity contribution in [2.75, 3.05) is 19.8 Å². The molecule has 0 fully saturated rings. The molecule has 0 saturated carbocycles. The molecule has 0 heterocycles. The normalized spacial score (nSPS) is 12.0. The summed E-state index contributed by atoms with van der Waals surface area (Å²) in [6.45, 7) is 6.92. The predicted molar refractivity (Wildman–Crippen MR) is 80.0 cm³/mol. The Morgan fingerprint density at radius 1 is 1.38 bits per heavy atom. The van der Waals surface area contributed by atoms with Crippen molar-refractivity contribution in [3.05, 3.63) is 29.6 Å². The molecule has 0 amide bonds. The molecule has 0 aliphatic heterocycles. The lowest BCUT2D eigenvalue weighted by Gasteiger charge is -2.17. The lowest BCUT2D eigenvalue weighted by Crippen LogP contribution is -2.39. The maximum absolute atomic E-state index is 13.4. The zero-order valence-corrected chi connectivity index (χ0v) is 12.9. The van der Waals surface area contributed by atoms with Crippen LogP contribution in [0.5, 0.6) is 5.75 Å². The summed E-state index contributed by atoms with van der Waals surface area (Å²) in [4.78, 5) is 11.8. The Morgan fingerprint density at radius 2 is 2.14 bits per heavy atom. The van der Waals surface area contributed by atoms with E-state index in [1.165, 1.54) is 6.07 Å². The number of carbonyl (C=O) groups excluding carboxylic acids is 1. The van der Waals surface area contributed by atoms with Crippen LogP contribution in [-0.2, 0) is 9.53 Å². The van der Waals surface area contributed by atoms with Crippen LogP contribution in [0.15, 0.2) is 18.2 Å². The van der Waals surface area contributed by atoms with Crippen molar-refractivity contribution in [1.29, 1.82) is 0 Å². The van der Waals surface area contributed by atoms with Crippen LogP contribution >= 0.6 is 0 Å². The smallest absolute Gasteiger partial charge is 0.323 e. The van der Waals surface area contributed by atoms with E-state index < -0.39 is 0 Å². The third-order valence-electron chi connectivity index (χ3n) is 3.03. The van der Waals surface area contributed by atoms with Crippen LogP contribution in [0.3, 0.4) is 0 Å². The molecule has 0 aliphatic rings. The Bertz CT molecular complexity index is 451. The molecule has 0 radical (unpaired) electrons. The summed E-state index contributed by atoms with van der Waals surface area (Å²) >= 11 is 0. The topological polar surface area (TPSA) is 47.6 Å². The highest BCUT2D eigenvalue weighted by atomic mass is 19.1. The van der Waals surface area contributed by atoms with E-state index >= 15 is 0 Å². The highest BCUT2D eigenvalue weighted by Crippen LogP contribution is 2.16. The molecule has 21 heavy (non-hydrogen) atoms. The van der Waals surface area contributed by atoms with Crippen molar-refractivity contribution < 1.29 is 18.7 Å². The molecule has 118 valence electrons. The molecule has 0 bridgehead atoms. The summed E-state index contributed by atoms with van der Waals surface area (Å²) in [6.07, 6.45) is 1.41. The fourth-order valence-electron chi connectivity index (χ4n) is 1.82. The Hall–Kier alpha value is -1.62. The Labute approximate surface area is 125 Å². The lowest BCUT2D eigenvalue weighted by atomic mass is 10.2. The Balaban J connectivity index is 2.47. The van der Waals surface area contributed by atoms with Gasteiger partial charge in [0.2, 0.25) is 0 Å². The number of rotatable bonds is 9. The molecular formula is C16H24FNO3. The zero-order valence-electron chi connectivity index (χ0n) is 12.9. The lowest BCUT2D eigenvalue weighted by molar-refractivity contribution is -0.146. The second-order valence-electron chi connectivity index (χ2n) is 4.81. The summed E-state index contributed by atoms with van der Waals surface area (Å²) in [6, 6.07) is 4.36. The largest absolute Gasteiger partial charge is 0.493 e. The summed E-state index contributed by atoms with van der Waals surface area (Å²) in [5.41, 5.74) is 0.580. The highest BCUT2D eigenvalue weighted by Gasteiger charge is 2.18. The molecule has 1 rings (SSSR count). The molecular weight excluding hydrogens is 273 g/mol. The van der Waals surface area contributed by atoms with Gasteiger partial charge in [-0.25, -0.2) is 4.39 Å². The van der Waals surface area contributed by atoms with Gasteiger partial charge in [-0.15, -0.1) is 0 Å². The zero-order chi connectivity index (χ0) is 15.7. The number of carbonyl (C=O) groups is 1. The third-order valence-corrected chi connectivity index (χ3v) is 3.03. The average molecular weight is 297 g/mol. The number of hydrogen-bond donors (Lipinski definition) is 1. The van der Waals surface area contributed by atoms with Crippen molar-refractivity contribution in [2.24, 2.45) is 0 Å². The first kappa shape index (κ1) is 17.4. The fraction of sp³-hybridized carbons (Fsp3) is 0.562. The van der Waals surface area contributed by atoms with E-state index in [1.54, 1.807) is 26.0 Å². The van der Waals surface area contributed by atoms with Crippen LogP contribution in [0, 0.1) is 12.7 Å². The van der Waals surface area contributed by atoms with Crippen molar-refractivity contribution >= 4 is 5.97 Å². The van der Waals surface area contributed by atoms with Crippen LogP contribution in [0.25, 0.3) is 0 Å². The standard InChI is InChI=1S/C16H24FNO3/c1-4-9-18-15(16(19)20-5-2)8-10-21-13-7-6-12(3)14(17)11-13/h6-7,11,15,18H,4-5,8-10H2,1-3H3. The number of halogens is 1. The van der Waals surface area contributed by atoms with Crippen LogP contribution in [0.1, 0.15) is 32.3 Å². The summed E-state index contributed by atoms with van der Waals surface area (Å²) < 4.78 is 23.9. The second-order valence-corrected chi connectivity index (χ2v) is 4.81. The molecule has 0 aliphatic carbocycles. The molecule has 0 aromatic heterocycles. The van der Waals surface area contributed by atoms with Gasteiger partial charge in [-0.05, 0) is 38.4 Å². The van der Waals surface area contributed by atoms with E-state index in [-0.39, 0.29) is 17.8 Å². The van der Waals surface area contributed by atoms with Gasteiger partial charge in [-0.1, -0.05) is 13.0 Å². The Kier molecular flexibility index (Phi) is 7.75. The van der Waals surface area contributed by atoms with Crippen molar-refractivity contribution in [1.82, 2.24) is 5.32 Å². The number of benzene rings is 1. The van der Waals surface area contributed by atoms with Crippen LogP contribution in [0.4, 0.5) is 4.39 Å². The molecule has 1 atom stereocenters. The van der Waals surface area contributed by atoms with Gasteiger partial charge in [-0.2, -0.15) is 0 Å². The molecule has 1 aromatic rings. The quantitative estimate of drug-likeness (QED) is 0.712. The van der Waals surface area contributed by atoms with E-state index in [0.717, 1.165) is 13.0 Å². The van der Waals surface area contributed by atoms with Gasteiger partial charge in [0.15, 0.2) is 0 Å². The molecule has 0 spiro atoms. The fourth-order valence-corrected chi connectivity index (χ4v) is 1.82. The van der Waals surface area contributed by atoms with E-state index in [2.05, 4.69) is 5.32 Å². The van der Waals surface area contributed by atoms with Gasteiger partial charge in [0, 0.05) is 12.5 Å². The van der Waals surface area contributed by atoms with Gasteiger partial charge >= 0.3 is 5.97 Å². The summed E-state index contributed by atoms with van der Waals surface area (Å²) in [5, 5.41) is 3.13. The van der Waals surface area contributed by atoms with Gasteiger partial charge < -0.3 is 14.8 Å². The van der Waals surface area contributed by atoms with Crippen LogP contribution < -0.4 is 10.1 Å². The van der Waals surface area contributed by atoms with Crippen LogP contribution in [0.2, 0.25) is 0 Å². The minimum atomic E-state index is -0.389. The first-order valence-corrected chi connectivity index (χ1v) is 7.37. The third kappa shape index (κ3) is 6.12. The number of aryl methyl sites for hydroxylation is 1. The van der Waals surface area contributed by atoms with E-state index in [4.69, 9.17) is 9.47 Å². The number of esters is 1. The first-order chi connectivity index (χ1) is 10.1. The molecule has 5 heteroatoms. The second kappa shape index (κ2) is 9.34. The van der Waals surface area contributed by atoms with Crippen molar-refractivity contribution in [3.8, 4) is 5.75 Å². The predicted octanol–water partition coefficient (Wildman–Crippen LogP) is 2.83. The maximum atomic E-state index is 13.4. The van der Waals surface area contributed by atoms with Gasteiger partial charge in [0.25, 0.3) is 0 Å². The van der Waals surface area contributed by atoms with Gasteiger partial charge in [0.05, 0.1) is 13.2 Å². The maximum Gasteiger partial charge on any atom is 0.323 e. The van der Waals surface area contributed by atoms with Gasteiger partial charge in [0.1, 0.15) is 17.6 Å². The number of ether oxygens (including phenoxy) is 2. The monoisotopic (exact) mass is 297 g/mol.